The molecule has 1 radical (unpaired) electrons. The Labute approximate surface area is 82.2 Å². The fraction of sp³-hybridized carbons (Fsp3) is 0.125. The molecule has 0 aliphatic rings. The number of carbonyl (C=O) groups excluding carboxylic acids is 1. The molecule has 0 atom stereocenters. The molecule has 0 heterocycles. The zero-order chi connectivity index (χ0) is 8.27. The van der Waals surface area contributed by atoms with Gasteiger partial charge in [-0.05, 0) is 5.56 Å². The fourth-order valence-corrected chi connectivity index (χ4v) is 0.763. The summed E-state index contributed by atoms with van der Waals surface area (Å²) in [5.74, 6) is 0.176. The normalized spacial score (nSPS) is 8.42. The molecule has 0 unspecified atom stereocenters. The smallest absolute Gasteiger partial charge is 0.102 e. The number of carbonyl (C=O) groups is 1. The molecule has 63 valence electrons. The number of aromatic hydroxyl groups is 1. The molecule has 1 rings (SSSR count). The van der Waals surface area contributed by atoms with Crippen LogP contribution in [0.5, 0.6) is 11.5 Å². The molecule has 0 saturated heterocycles. The summed E-state index contributed by atoms with van der Waals surface area (Å²) < 4.78 is 4.77. The number of phenolic OH excluding ortho intramolecular Hbond substituents is 1. The Kier molecular flexibility index (Phi) is 4.48. The van der Waals surface area contributed by atoms with Crippen molar-refractivity contribution < 1.29 is 33.2 Å². The topological polar surface area (TPSA) is 46.5 Å². The number of benzene rings is 1. The summed E-state index contributed by atoms with van der Waals surface area (Å²) in [6, 6.07) is 5.53. The van der Waals surface area contributed by atoms with Crippen LogP contribution in [0.4, 0.5) is 0 Å². The molecule has 0 amide bonds. The number of rotatable bonds is 2. The standard InChI is InChI=1S/C8H7O3.V/c1-11-8-4-2-3-7(10)6(8)5-9;/h2-3,5,10H,1H3;/q-1;. The van der Waals surface area contributed by atoms with Gasteiger partial charge in [0, 0.05) is 30.1 Å². The van der Waals surface area contributed by atoms with Gasteiger partial charge < -0.3 is 14.6 Å². The van der Waals surface area contributed by atoms with Crippen LogP contribution in [0.3, 0.4) is 0 Å². The van der Waals surface area contributed by atoms with Crippen molar-refractivity contribution in [3.63, 3.8) is 0 Å². The maximum Gasteiger partial charge on any atom is 0.102 e. The summed E-state index contributed by atoms with van der Waals surface area (Å²) in [5, 5.41) is 9.09. The van der Waals surface area contributed by atoms with Crippen molar-refractivity contribution in [1.29, 1.82) is 0 Å². The van der Waals surface area contributed by atoms with Crippen LogP contribution in [0.25, 0.3) is 0 Å². The molecule has 3 nitrogen and oxygen atoms in total. The van der Waals surface area contributed by atoms with Crippen molar-refractivity contribution in [3.8, 4) is 11.5 Å². The molecule has 0 bridgehead atoms. The monoisotopic (exact) mass is 202 g/mol. The number of hydrogen-bond acceptors (Lipinski definition) is 3. The van der Waals surface area contributed by atoms with E-state index in [0.717, 1.165) is 0 Å². The van der Waals surface area contributed by atoms with Crippen LogP contribution in [0.2, 0.25) is 0 Å². The van der Waals surface area contributed by atoms with Crippen molar-refractivity contribution in [2.75, 3.05) is 7.11 Å². The van der Waals surface area contributed by atoms with Gasteiger partial charge >= 0.3 is 0 Å². The zero-order valence-corrected chi connectivity index (χ0v) is 7.84. The van der Waals surface area contributed by atoms with Gasteiger partial charge in [0.2, 0.25) is 0 Å². The Bertz CT molecular complexity index is 273. The third kappa shape index (κ3) is 2.03. The van der Waals surface area contributed by atoms with Gasteiger partial charge in [0.1, 0.15) is 6.29 Å². The predicted octanol–water partition coefficient (Wildman–Crippen LogP) is 1.01. The van der Waals surface area contributed by atoms with Gasteiger partial charge in [0.15, 0.2) is 0 Å². The number of aldehydes is 1. The number of methoxy groups -OCH3 is 1. The van der Waals surface area contributed by atoms with Crippen LogP contribution in [-0.2, 0) is 18.6 Å². The van der Waals surface area contributed by atoms with E-state index in [2.05, 4.69) is 6.07 Å². The average Bonchev–Trinajstić information content (AvgIpc) is 2.04. The first kappa shape index (κ1) is 11.1. The third-order valence-electron chi connectivity index (χ3n) is 1.30. The second-order valence-electron chi connectivity index (χ2n) is 1.93. The third-order valence-corrected chi connectivity index (χ3v) is 1.30. The minimum absolute atomic E-state index is 0. The van der Waals surface area contributed by atoms with Crippen LogP contribution in [0.15, 0.2) is 12.1 Å². The van der Waals surface area contributed by atoms with Crippen molar-refractivity contribution in [2.24, 2.45) is 0 Å². The predicted molar refractivity (Wildman–Crippen MR) is 38.9 cm³/mol. The molecule has 0 spiro atoms. The van der Waals surface area contributed by atoms with Gasteiger partial charge in [-0.25, -0.2) is 0 Å². The van der Waals surface area contributed by atoms with E-state index in [9.17, 15) is 4.79 Å². The SMILES string of the molecule is COc1[c-]ccc(O)c1C=O.[V]. The summed E-state index contributed by atoms with van der Waals surface area (Å²) in [7, 11) is 1.41. The van der Waals surface area contributed by atoms with E-state index in [1.807, 2.05) is 0 Å². The van der Waals surface area contributed by atoms with Crippen LogP contribution >= 0.6 is 0 Å². The van der Waals surface area contributed by atoms with Crippen molar-refractivity contribution in [2.45, 2.75) is 0 Å². The molecule has 0 aromatic heterocycles. The summed E-state index contributed by atoms with van der Waals surface area (Å²) in [4.78, 5) is 10.3. The molecule has 0 aliphatic carbocycles. The summed E-state index contributed by atoms with van der Waals surface area (Å²) in [5.41, 5.74) is 0.134. The minimum Gasteiger partial charge on any atom is -0.533 e. The molecule has 1 aromatic rings. The molecule has 0 saturated carbocycles. The Hall–Kier alpha value is -0.926. The Morgan fingerprint density at radius 3 is 2.75 bits per heavy atom. The van der Waals surface area contributed by atoms with Crippen molar-refractivity contribution in [3.05, 3.63) is 23.8 Å². The van der Waals surface area contributed by atoms with E-state index in [1.165, 1.54) is 19.2 Å². The zero-order valence-electron chi connectivity index (χ0n) is 6.44. The van der Waals surface area contributed by atoms with E-state index in [1.54, 1.807) is 0 Å². The average molecular weight is 202 g/mol. The Balaban J connectivity index is 0.00000121. The maximum absolute atomic E-state index is 10.3. The van der Waals surface area contributed by atoms with E-state index >= 15 is 0 Å². The summed E-state index contributed by atoms with van der Waals surface area (Å²) in [6.07, 6.45) is 0.532. The molecular weight excluding hydrogens is 195 g/mol. The molecule has 4 heteroatoms. The molecule has 0 fully saturated rings. The van der Waals surface area contributed by atoms with Gasteiger partial charge in [0.05, 0.1) is 7.11 Å². The van der Waals surface area contributed by atoms with Gasteiger partial charge in [-0.1, -0.05) is 0 Å². The molecule has 1 aromatic carbocycles. The van der Waals surface area contributed by atoms with Gasteiger partial charge in [-0.3, -0.25) is 0 Å². The maximum atomic E-state index is 10.3. The number of phenols is 1. The van der Waals surface area contributed by atoms with E-state index in [-0.39, 0.29) is 35.6 Å². The molecule has 1 N–H and O–H groups in total. The first-order valence-corrected chi connectivity index (χ1v) is 3.02. The number of hydrogen-bond donors (Lipinski definition) is 1. The van der Waals surface area contributed by atoms with E-state index < -0.39 is 0 Å². The Morgan fingerprint density at radius 2 is 2.33 bits per heavy atom. The first-order valence-electron chi connectivity index (χ1n) is 3.02. The van der Waals surface area contributed by atoms with E-state index in [4.69, 9.17) is 9.84 Å². The van der Waals surface area contributed by atoms with E-state index in [0.29, 0.717) is 6.29 Å². The second kappa shape index (κ2) is 4.85. The first-order chi connectivity index (χ1) is 5.29. The van der Waals surface area contributed by atoms with Crippen molar-refractivity contribution in [1.82, 2.24) is 0 Å². The fourth-order valence-electron chi connectivity index (χ4n) is 0.763. The summed E-state index contributed by atoms with van der Waals surface area (Å²) >= 11 is 0. The summed E-state index contributed by atoms with van der Waals surface area (Å²) in [6.45, 7) is 0. The van der Waals surface area contributed by atoms with Gasteiger partial charge in [-0.2, -0.15) is 6.07 Å². The van der Waals surface area contributed by atoms with Crippen LogP contribution < -0.4 is 4.74 Å². The van der Waals surface area contributed by atoms with Gasteiger partial charge in [0.25, 0.3) is 0 Å². The number of ether oxygens (including phenoxy) is 1. The Morgan fingerprint density at radius 1 is 1.67 bits per heavy atom. The second-order valence-corrected chi connectivity index (χ2v) is 1.93. The largest absolute Gasteiger partial charge is 0.533 e. The molecule has 0 aliphatic heterocycles. The minimum atomic E-state index is -0.0874. The van der Waals surface area contributed by atoms with Gasteiger partial charge in [-0.15, -0.1) is 12.1 Å². The van der Waals surface area contributed by atoms with Crippen LogP contribution in [-0.4, -0.2) is 18.5 Å². The van der Waals surface area contributed by atoms with Crippen molar-refractivity contribution >= 4 is 6.29 Å². The quantitative estimate of drug-likeness (QED) is 0.575. The molecule has 12 heavy (non-hydrogen) atoms. The van der Waals surface area contributed by atoms with Crippen LogP contribution in [0.1, 0.15) is 10.4 Å². The molecular formula is C8H7O3V-. The van der Waals surface area contributed by atoms with Crippen LogP contribution in [0, 0.1) is 6.07 Å².